The molecule has 1 aliphatic rings. The van der Waals surface area contributed by atoms with Crippen LogP contribution in [-0.2, 0) is 33.6 Å². The summed E-state index contributed by atoms with van der Waals surface area (Å²) >= 11 is -0.0519. The van der Waals surface area contributed by atoms with Gasteiger partial charge in [0.25, 0.3) is 0 Å². The molecule has 37 heavy (non-hydrogen) atoms. The van der Waals surface area contributed by atoms with Crippen LogP contribution in [-0.4, -0.2) is 75.3 Å². The van der Waals surface area contributed by atoms with Crippen LogP contribution in [0.4, 0.5) is 0 Å². The Bertz CT molecular complexity index is 940. The summed E-state index contributed by atoms with van der Waals surface area (Å²) in [5, 5.41) is 0.802. The molecule has 2 rings (SSSR count). The van der Waals surface area contributed by atoms with Crippen LogP contribution >= 0.6 is 0 Å². The summed E-state index contributed by atoms with van der Waals surface area (Å²) in [5.74, 6) is -1.62. The van der Waals surface area contributed by atoms with Gasteiger partial charge in [0.05, 0.1) is 0 Å². The minimum absolute atomic E-state index is 0.00258. The average Bonchev–Trinajstić information content (AvgIpc) is 2.74. The molecule has 0 radical (unpaired) electrons. The van der Waals surface area contributed by atoms with Gasteiger partial charge in [0.2, 0.25) is 0 Å². The van der Waals surface area contributed by atoms with Gasteiger partial charge < -0.3 is 0 Å². The summed E-state index contributed by atoms with van der Waals surface area (Å²) < 4.78 is 17.4. The number of benzene rings is 1. The number of rotatable bonds is 11. The number of esters is 2. The first-order valence-electron chi connectivity index (χ1n) is 13.0. The van der Waals surface area contributed by atoms with Crippen LogP contribution in [0, 0.1) is 5.92 Å². The van der Waals surface area contributed by atoms with E-state index >= 15 is 0 Å². The van der Waals surface area contributed by atoms with Crippen molar-refractivity contribution < 1.29 is 28.3 Å². The maximum atomic E-state index is 13.7. The van der Waals surface area contributed by atoms with Crippen molar-refractivity contribution in [2.75, 3.05) is 6.61 Å². The van der Waals surface area contributed by atoms with Crippen LogP contribution in [0.15, 0.2) is 30.3 Å². The van der Waals surface area contributed by atoms with E-state index in [0.29, 0.717) is 0 Å². The molecule has 1 aromatic rings. The molecular weight excluding hydrogens is 553 g/mol. The topological polar surface area (TPSA) is 82.1 Å². The van der Waals surface area contributed by atoms with Crippen molar-refractivity contribution in [3.8, 4) is 0 Å². The monoisotopic (exact) mass is 599 g/mol. The first kappa shape index (κ1) is 31.5. The molecule has 0 aliphatic carbocycles. The van der Waals surface area contributed by atoms with E-state index in [-0.39, 0.29) is 55.9 Å². The molecule has 9 heteroatoms. The van der Waals surface area contributed by atoms with Gasteiger partial charge >= 0.3 is 231 Å². The molecule has 1 aromatic carbocycles. The summed E-state index contributed by atoms with van der Waals surface area (Å²) in [5.41, 5.74) is 0.485. The third kappa shape index (κ3) is 8.41. The summed E-state index contributed by atoms with van der Waals surface area (Å²) in [6.45, 7) is 20.1. The number of nitrogens with zero attached hydrogens (tertiary/aromatic N) is 1. The van der Waals surface area contributed by atoms with Gasteiger partial charge in [-0.2, -0.15) is 0 Å². The fourth-order valence-electron chi connectivity index (χ4n) is 4.00. The van der Waals surface area contributed by atoms with Crippen LogP contribution in [0.3, 0.4) is 0 Å². The Labute approximate surface area is 230 Å². The second kappa shape index (κ2) is 12.5. The first-order chi connectivity index (χ1) is 17.0. The molecule has 1 unspecified atom stereocenters. The van der Waals surface area contributed by atoms with Gasteiger partial charge in [0.1, 0.15) is 0 Å². The third-order valence-electron chi connectivity index (χ3n) is 6.85. The van der Waals surface area contributed by atoms with E-state index in [9.17, 15) is 14.4 Å². The number of hydrogen-bond donors (Lipinski definition) is 0. The molecule has 208 valence electrons. The molecule has 0 bridgehead atoms. The summed E-state index contributed by atoms with van der Waals surface area (Å²) in [6.07, 6.45) is -0.527. The quantitative estimate of drug-likeness (QED) is 0.208. The SMILES string of the molecule is CCOC(=O)C(CC(=O)OC(C)(C)C)N1C(=O)[C@H]([C@@H](C)O[Si](C)(C)C(C)(C)C)[C@H]1[Se]Cc1ccccc1. The molecule has 0 spiro atoms. The molecule has 1 aliphatic heterocycles. The first-order valence-corrected chi connectivity index (χ1v) is 18.1. The molecule has 1 fully saturated rings. The van der Waals surface area contributed by atoms with Crippen LogP contribution in [0.25, 0.3) is 0 Å². The van der Waals surface area contributed by atoms with Crippen LogP contribution in [0.1, 0.15) is 67.4 Å². The zero-order chi connectivity index (χ0) is 28.2. The van der Waals surface area contributed by atoms with E-state index in [1.54, 1.807) is 32.6 Å². The number of likely N-dealkylation sites (tertiary alicyclic amines) is 1. The zero-order valence-corrected chi connectivity index (χ0v) is 26.8. The van der Waals surface area contributed by atoms with Crippen molar-refractivity contribution in [2.24, 2.45) is 5.92 Å². The minimum atomic E-state index is -2.13. The normalized spacial score (nSPS) is 20.2. The van der Waals surface area contributed by atoms with Gasteiger partial charge in [-0.1, -0.05) is 0 Å². The summed E-state index contributed by atoms with van der Waals surface area (Å²) in [4.78, 5) is 40.9. The van der Waals surface area contributed by atoms with E-state index in [0.717, 1.165) is 5.32 Å². The molecule has 1 saturated heterocycles. The standard InChI is InChI=1S/C28H45NO6SeSi/c1-11-33-26(32)21(17-22(30)34-27(3,4)5)29-24(31)23(19(2)35-37(9,10)28(6,7)8)25(29)36-18-20-15-13-12-14-16-20/h12-16,19,21,23,25H,11,17-18H2,1-10H3/t19-,21?,23+,25-/m1/s1. The predicted octanol–water partition coefficient (Wildman–Crippen LogP) is 4.75. The van der Waals surface area contributed by atoms with Crippen molar-refractivity contribution >= 4 is 41.1 Å². The Morgan fingerprint density at radius 1 is 1.08 bits per heavy atom. The predicted molar refractivity (Wildman–Crippen MR) is 149 cm³/mol. The maximum absolute atomic E-state index is 13.7. The van der Waals surface area contributed by atoms with Crippen molar-refractivity contribution in [1.29, 1.82) is 0 Å². The number of hydrogen-bond acceptors (Lipinski definition) is 6. The van der Waals surface area contributed by atoms with Gasteiger partial charge in [-0.25, -0.2) is 0 Å². The van der Waals surface area contributed by atoms with Crippen molar-refractivity contribution in [2.45, 2.75) is 108 Å². The molecule has 0 saturated carbocycles. The van der Waals surface area contributed by atoms with Crippen molar-refractivity contribution in [1.82, 2.24) is 4.90 Å². The van der Waals surface area contributed by atoms with Crippen LogP contribution in [0.2, 0.25) is 18.1 Å². The molecule has 7 nitrogen and oxygen atoms in total. The molecule has 1 heterocycles. The molecule has 1 amide bonds. The zero-order valence-electron chi connectivity index (χ0n) is 24.1. The van der Waals surface area contributed by atoms with Gasteiger partial charge in [0.15, 0.2) is 0 Å². The molecular formula is C28H45NO6SeSi. The second-order valence-electron chi connectivity index (χ2n) is 12.1. The Morgan fingerprint density at radius 2 is 1.68 bits per heavy atom. The van der Waals surface area contributed by atoms with Gasteiger partial charge in [-0.15, -0.1) is 0 Å². The van der Waals surface area contributed by atoms with Gasteiger partial charge in [-0.3, -0.25) is 0 Å². The number of β-lactam (4-membered cyclic amide) rings is 1. The summed E-state index contributed by atoms with van der Waals surface area (Å²) in [7, 11) is -2.13. The van der Waals surface area contributed by atoms with Gasteiger partial charge in [0, 0.05) is 0 Å². The average molecular weight is 599 g/mol. The van der Waals surface area contributed by atoms with Crippen molar-refractivity contribution in [3.63, 3.8) is 0 Å². The molecule has 4 atom stereocenters. The van der Waals surface area contributed by atoms with Crippen LogP contribution < -0.4 is 0 Å². The third-order valence-corrected chi connectivity index (χ3v) is 14.3. The van der Waals surface area contributed by atoms with Gasteiger partial charge in [-0.05, 0) is 0 Å². The molecule has 0 N–H and O–H groups in total. The van der Waals surface area contributed by atoms with E-state index in [2.05, 4.69) is 46.0 Å². The molecule has 0 aromatic heterocycles. The fraction of sp³-hybridized carbons (Fsp3) is 0.679. The Hall–Kier alpha value is -1.67. The summed E-state index contributed by atoms with van der Waals surface area (Å²) in [6, 6.07) is 9.10. The number of amides is 1. The Balaban J connectivity index is 2.36. The van der Waals surface area contributed by atoms with E-state index in [4.69, 9.17) is 13.9 Å². The Kier molecular flexibility index (Phi) is 10.6. The fourth-order valence-corrected chi connectivity index (χ4v) is 8.61. The van der Waals surface area contributed by atoms with E-state index in [1.807, 2.05) is 25.1 Å². The van der Waals surface area contributed by atoms with E-state index < -0.39 is 31.9 Å². The van der Waals surface area contributed by atoms with Crippen molar-refractivity contribution in [3.05, 3.63) is 35.9 Å². The number of carbonyl (C=O) groups is 3. The van der Waals surface area contributed by atoms with E-state index in [1.165, 1.54) is 5.56 Å². The second-order valence-corrected chi connectivity index (χ2v) is 19.2. The number of ether oxygens (including phenoxy) is 2. The Morgan fingerprint density at radius 3 is 2.19 bits per heavy atom. The number of carbonyl (C=O) groups excluding carboxylic acids is 3. The van der Waals surface area contributed by atoms with Crippen LogP contribution in [0.5, 0.6) is 0 Å².